The first-order chi connectivity index (χ1) is 8.08. The van der Waals surface area contributed by atoms with Crippen LogP contribution in [0.3, 0.4) is 0 Å². The first-order valence-corrected chi connectivity index (χ1v) is 5.36. The molecular formula is C14H13F2N. The Bertz CT molecular complexity index is 530. The molecule has 2 aromatic rings. The summed E-state index contributed by atoms with van der Waals surface area (Å²) in [4.78, 5) is 0. The van der Waals surface area contributed by atoms with Crippen molar-refractivity contribution in [3.8, 4) is 0 Å². The minimum absolute atomic E-state index is 0.281. The fourth-order valence-corrected chi connectivity index (χ4v) is 1.74. The molecule has 2 rings (SSSR count). The van der Waals surface area contributed by atoms with Crippen LogP contribution < -0.4 is 5.32 Å². The molecule has 0 saturated heterocycles. The van der Waals surface area contributed by atoms with Crippen molar-refractivity contribution < 1.29 is 8.78 Å². The molecule has 0 aromatic heterocycles. The summed E-state index contributed by atoms with van der Waals surface area (Å²) in [6, 6.07) is 9.33. The molecule has 1 nitrogen and oxygen atoms in total. The molecule has 0 heterocycles. The number of nitrogens with one attached hydrogen (secondary N) is 1. The van der Waals surface area contributed by atoms with Gasteiger partial charge in [-0.25, -0.2) is 8.78 Å². The normalized spacial score (nSPS) is 10.4. The molecule has 0 radical (unpaired) electrons. The summed E-state index contributed by atoms with van der Waals surface area (Å²) in [5.41, 5.74) is 3.18. The van der Waals surface area contributed by atoms with Gasteiger partial charge < -0.3 is 5.32 Å². The number of hydrogen-bond acceptors (Lipinski definition) is 1. The van der Waals surface area contributed by atoms with E-state index in [1.54, 1.807) is 0 Å². The summed E-state index contributed by atoms with van der Waals surface area (Å²) < 4.78 is 26.3. The van der Waals surface area contributed by atoms with Gasteiger partial charge in [0.1, 0.15) is 11.6 Å². The molecule has 17 heavy (non-hydrogen) atoms. The highest BCUT2D eigenvalue weighted by molar-refractivity contribution is 5.66. The van der Waals surface area contributed by atoms with Gasteiger partial charge in [-0.1, -0.05) is 18.2 Å². The highest BCUT2D eigenvalue weighted by Crippen LogP contribution is 2.26. The van der Waals surface area contributed by atoms with Crippen LogP contribution in [0.1, 0.15) is 11.1 Å². The van der Waals surface area contributed by atoms with Crippen LogP contribution in [0.25, 0.3) is 0 Å². The van der Waals surface area contributed by atoms with Gasteiger partial charge in [-0.15, -0.1) is 0 Å². The van der Waals surface area contributed by atoms with Crippen molar-refractivity contribution >= 4 is 11.4 Å². The zero-order valence-electron chi connectivity index (χ0n) is 9.72. The molecule has 0 amide bonds. The number of halogens is 2. The van der Waals surface area contributed by atoms with Crippen molar-refractivity contribution in [2.45, 2.75) is 13.8 Å². The largest absolute Gasteiger partial charge is 0.353 e. The van der Waals surface area contributed by atoms with Crippen molar-refractivity contribution in [1.82, 2.24) is 0 Å². The zero-order chi connectivity index (χ0) is 12.4. The van der Waals surface area contributed by atoms with Crippen LogP contribution >= 0.6 is 0 Å². The van der Waals surface area contributed by atoms with Gasteiger partial charge in [-0.05, 0) is 37.1 Å². The Morgan fingerprint density at radius 1 is 0.941 bits per heavy atom. The van der Waals surface area contributed by atoms with Gasteiger partial charge in [0.25, 0.3) is 0 Å². The Kier molecular flexibility index (Phi) is 3.09. The van der Waals surface area contributed by atoms with Crippen LogP contribution in [0.15, 0.2) is 36.4 Å². The molecule has 88 valence electrons. The molecule has 0 aliphatic rings. The number of hydrogen-bond donors (Lipinski definition) is 1. The van der Waals surface area contributed by atoms with E-state index in [1.165, 1.54) is 12.1 Å². The van der Waals surface area contributed by atoms with E-state index in [4.69, 9.17) is 0 Å². The maximum absolute atomic E-state index is 13.5. The molecule has 0 bridgehead atoms. The Labute approximate surface area is 99.1 Å². The van der Waals surface area contributed by atoms with Crippen molar-refractivity contribution in [1.29, 1.82) is 0 Å². The SMILES string of the molecule is Cc1cccc(C)c1Nc1ccc(F)cc1F. The Hall–Kier alpha value is -1.90. The smallest absolute Gasteiger partial charge is 0.149 e. The van der Waals surface area contributed by atoms with Crippen molar-refractivity contribution in [3.63, 3.8) is 0 Å². The fraction of sp³-hybridized carbons (Fsp3) is 0.143. The van der Waals surface area contributed by atoms with Gasteiger partial charge in [0.2, 0.25) is 0 Å². The predicted molar refractivity (Wildman–Crippen MR) is 65.6 cm³/mol. The Morgan fingerprint density at radius 2 is 1.59 bits per heavy atom. The third-order valence-corrected chi connectivity index (χ3v) is 2.67. The van der Waals surface area contributed by atoms with Crippen LogP contribution in [0.5, 0.6) is 0 Å². The molecule has 0 aliphatic carbocycles. The summed E-state index contributed by atoms with van der Waals surface area (Å²) in [6.45, 7) is 3.88. The van der Waals surface area contributed by atoms with E-state index in [0.717, 1.165) is 22.9 Å². The van der Waals surface area contributed by atoms with E-state index < -0.39 is 11.6 Å². The average Bonchev–Trinajstić information content (AvgIpc) is 2.26. The number of aryl methyl sites for hydroxylation is 2. The van der Waals surface area contributed by atoms with Crippen molar-refractivity contribution in [2.24, 2.45) is 0 Å². The fourth-order valence-electron chi connectivity index (χ4n) is 1.74. The molecule has 0 unspecified atom stereocenters. The Morgan fingerprint density at radius 3 is 2.18 bits per heavy atom. The maximum atomic E-state index is 13.5. The van der Waals surface area contributed by atoms with Gasteiger partial charge in [-0.3, -0.25) is 0 Å². The van der Waals surface area contributed by atoms with Crippen LogP contribution in [0, 0.1) is 25.5 Å². The van der Waals surface area contributed by atoms with E-state index in [2.05, 4.69) is 5.32 Å². The summed E-state index contributed by atoms with van der Waals surface area (Å²) in [7, 11) is 0. The second-order valence-corrected chi connectivity index (χ2v) is 4.02. The van der Waals surface area contributed by atoms with Gasteiger partial charge in [0.15, 0.2) is 0 Å². The summed E-state index contributed by atoms with van der Waals surface area (Å²) in [6.07, 6.45) is 0. The van der Waals surface area contributed by atoms with Crippen LogP contribution in [-0.2, 0) is 0 Å². The van der Waals surface area contributed by atoms with E-state index >= 15 is 0 Å². The van der Waals surface area contributed by atoms with Gasteiger partial charge >= 0.3 is 0 Å². The lowest BCUT2D eigenvalue weighted by molar-refractivity contribution is 0.586. The topological polar surface area (TPSA) is 12.0 Å². The highest BCUT2D eigenvalue weighted by atomic mass is 19.1. The monoisotopic (exact) mass is 233 g/mol. The lowest BCUT2D eigenvalue weighted by atomic mass is 10.1. The first-order valence-electron chi connectivity index (χ1n) is 5.36. The van der Waals surface area contributed by atoms with Crippen LogP contribution in [0.4, 0.5) is 20.2 Å². The maximum Gasteiger partial charge on any atom is 0.149 e. The quantitative estimate of drug-likeness (QED) is 0.814. The van der Waals surface area contributed by atoms with Crippen molar-refractivity contribution in [2.75, 3.05) is 5.32 Å². The van der Waals surface area contributed by atoms with Gasteiger partial charge in [0, 0.05) is 11.8 Å². The van der Waals surface area contributed by atoms with Crippen LogP contribution in [0.2, 0.25) is 0 Å². The third kappa shape index (κ3) is 2.44. The molecule has 2 aromatic carbocycles. The summed E-state index contributed by atoms with van der Waals surface area (Å²) in [5, 5.41) is 2.99. The van der Waals surface area contributed by atoms with E-state index in [-0.39, 0.29) is 5.69 Å². The lowest BCUT2D eigenvalue weighted by Gasteiger charge is -2.13. The third-order valence-electron chi connectivity index (χ3n) is 2.67. The zero-order valence-corrected chi connectivity index (χ0v) is 9.72. The Balaban J connectivity index is 2.38. The molecule has 0 aliphatic heterocycles. The molecule has 1 N–H and O–H groups in total. The predicted octanol–water partition coefficient (Wildman–Crippen LogP) is 4.33. The molecule has 0 atom stereocenters. The summed E-state index contributed by atoms with van der Waals surface area (Å²) >= 11 is 0. The lowest BCUT2D eigenvalue weighted by Crippen LogP contribution is -1.98. The van der Waals surface area contributed by atoms with E-state index in [9.17, 15) is 8.78 Å². The van der Waals surface area contributed by atoms with Crippen LogP contribution in [-0.4, -0.2) is 0 Å². The average molecular weight is 233 g/mol. The first kappa shape index (κ1) is 11.6. The highest BCUT2D eigenvalue weighted by Gasteiger charge is 2.07. The number of para-hydroxylation sites is 1. The minimum Gasteiger partial charge on any atom is -0.353 e. The van der Waals surface area contributed by atoms with E-state index in [0.29, 0.717) is 0 Å². The summed E-state index contributed by atoms with van der Waals surface area (Å²) in [5.74, 6) is -1.16. The molecule has 3 heteroatoms. The number of anilines is 2. The van der Waals surface area contributed by atoms with Crippen molar-refractivity contribution in [3.05, 3.63) is 59.2 Å². The standard InChI is InChI=1S/C14H13F2N/c1-9-4-3-5-10(2)14(9)17-13-7-6-11(15)8-12(13)16/h3-8,17H,1-2H3. The number of benzene rings is 2. The molecule has 0 spiro atoms. The number of rotatable bonds is 2. The minimum atomic E-state index is -0.590. The molecule has 0 fully saturated rings. The molecule has 0 saturated carbocycles. The molecular weight excluding hydrogens is 220 g/mol. The van der Waals surface area contributed by atoms with Gasteiger partial charge in [-0.2, -0.15) is 0 Å². The second kappa shape index (κ2) is 4.53. The second-order valence-electron chi connectivity index (χ2n) is 4.02. The van der Waals surface area contributed by atoms with Gasteiger partial charge in [0.05, 0.1) is 5.69 Å². The van der Waals surface area contributed by atoms with E-state index in [1.807, 2.05) is 32.0 Å².